The lowest BCUT2D eigenvalue weighted by atomic mass is 9.95. The monoisotopic (exact) mass is 804 g/mol. The van der Waals surface area contributed by atoms with Crippen LogP contribution in [0.1, 0.15) is 79.1 Å². The average molecular weight is 805 g/mol. The van der Waals surface area contributed by atoms with Gasteiger partial charge in [-0.3, -0.25) is 39.0 Å². The number of rotatable bonds is 10. The fourth-order valence-electron chi connectivity index (χ4n) is 9.24. The van der Waals surface area contributed by atoms with Gasteiger partial charge in [0.1, 0.15) is 17.7 Å². The predicted octanol–water partition coefficient (Wildman–Crippen LogP) is 3.60. The number of carbonyl (C=O) groups excluding carboxylic acids is 4. The molecule has 4 fully saturated rings. The molecule has 0 bridgehead atoms. The molecule has 310 valence electrons. The van der Waals surface area contributed by atoms with Crippen molar-refractivity contribution in [2.24, 2.45) is 5.92 Å². The Labute approximate surface area is 343 Å². The van der Waals surface area contributed by atoms with Gasteiger partial charge in [-0.1, -0.05) is 0 Å². The Morgan fingerprint density at radius 1 is 0.814 bits per heavy atom. The molecule has 0 aliphatic carbocycles. The first kappa shape index (κ1) is 38.8. The third kappa shape index (κ3) is 7.68. The van der Waals surface area contributed by atoms with Crippen LogP contribution in [0.15, 0.2) is 42.7 Å². The van der Waals surface area contributed by atoms with E-state index in [0.29, 0.717) is 40.7 Å². The second-order valence-electron chi connectivity index (χ2n) is 16.6. The van der Waals surface area contributed by atoms with E-state index in [1.807, 2.05) is 18.3 Å². The zero-order valence-corrected chi connectivity index (χ0v) is 34.0. The molecule has 1 unspecified atom stereocenters. The minimum absolute atomic E-state index is 0.0974. The maximum absolute atomic E-state index is 13.4. The van der Waals surface area contributed by atoms with Crippen LogP contribution in [-0.4, -0.2) is 136 Å². The first-order chi connectivity index (χ1) is 28.6. The molecule has 0 saturated carbocycles. The van der Waals surface area contributed by atoms with Gasteiger partial charge in [-0.15, -0.1) is 0 Å². The maximum atomic E-state index is 13.4. The molecule has 1 aromatic carbocycles. The van der Waals surface area contributed by atoms with E-state index in [2.05, 4.69) is 59.8 Å². The summed E-state index contributed by atoms with van der Waals surface area (Å²) in [4.78, 5) is 75.3. The van der Waals surface area contributed by atoms with E-state index >= 15 is 0 Å². The summed E-state index contributed by atoms with van der Waals surface area (Å²) in [6.45, 7) is 12.4. The number of hydrogen-bond acceptors (Lipinski definition) is 14. The zero-order valence-electron chi connectivity index (χ0n) is 34.0. The van der Waals surface area contributed by atoms with Crippen molar-refractivity contribution in [3.63, 3.8) is 0 Å². The second-order valence-corrected chi connectivity index (χ2v) is 16.6. The summed E-state index contributed by atoms with van der Waals surface area (Å²) in [6.07, 6.45) is 8.33. The summed E-state index contributed by atoms with van der Waals surface area (Å²) >= 11 is 0. The van der Waals surface area contributed by atoms with Crippen molar-refractivity contribution in [3.8, 4) is 0 Å². The number of aromatic nitrogens is 5. The number of piperidine rings is 3. The summed E-state index contributed by atoms with van der Waals surface area (Å²) in [5.74, 6) is 1.74. The minimum atomic E-state index is -0.968. The molecular formula is C42H52N12O5. The standard InChI is InChI=1S/C42H52N12O5/c1-26(2)54-34-23-36(45-35-8-13-43-42(46-35)52-16-11-29(59-3)12-17-52)44-24-32(34)38(48-54)51-14-9-27(10-15-51)25-49-18-20-50(21-19-49)28-4-5-30-31(22-28)41(58)53(40(30)57)33-6-7-37(55)47-39(33)56/h4-5,8,13,22-24,26-27,29,33H,6-7,9-12,14-21,25H2,1-3H3,(H,47,55,56)(H,43,44,45,46). The Balaban J connectivity index is 0.790. The van der Waals surface area contributed by atoms with Crippen LogP contribution in [0.3, 0.4) is 0 Å². The van der Waals surface area contributed by atoms with Crippen molar-refractivity contribution in [1.29, 1.82) is 0 Å². The highest BCUT2D eigenvalue weighted by atomic mass is 16.5. The van der Waals surface area contributed by atoms with Crippen LogP contribution in [-0.2, 0) is 14.3 Å². The topological polar surface area (TPSA) is 174 Å². The summed E-state index contributed by atoms with van der Waals surface area (Å²) in [5, 5.41) is 11.8. The Kier molecular flexibility index (Phi) is 10.6. The van der Waals surface area contributed by atoms with Gasteiger partial charge in [0.25, 0.3) is 11.8 Å². The molecular weight excluding hydrogens is 753 g/mol. The SMILES string of the molecule is COC1CCN(c2nccc(Nc3cc4c(cn3)c(N3CCC(CN5CCN(c6ccc7c(c6)C(=O)N(C6CCC(=O)NC6=O)C7=O)CC5)CC3)nn4C(C)C)n2)CC1. The third-order valence-electron chi connectivity index (χ3n) is 12.6. The van der Waals surface area contributed by atoms with E-state index in [0.717, 1.165) is 112 Å². The zero-order chi connectivity index (χ0) is 40.8. The van der Waals surface area contributed by atoms with Gasteiger partial charge in [-0.25, -0.2) is 9.97 Å². The van der Waals surface area contributed by atoms with Crippen LogP contribution in [0.2, 0.25) is 0 Å². The van der Waals surface area contributed by atoms with E-state index < -0.39 is 23.8 Å². The summed E-state index contributed by atoms with van der Waals surface area (Å²) in [6, 6.07) is 8.51. The number of imide groups is 2. The average Bonchev–Trinajstić information content (AvgIpc) is 3.75. The van der Waals surface area contributed by atoms with Crippen molar-refractivity contribution in [2.75, 3.05) is 86.0 Å². The number of ether oxygens (including phenoxy) is 1. The Hall–Kier alpha value is -5.68. The molecule has 17 heteroatoms. The lowest BCUT2D eigenvalue weighted by Crippen LogP contribution is -2.54. The molecule has 1 atom stereocenters. The number of amides is 4. The van der Waals surface area contributed by atoms with Gasteiger partial charge < -0.3 is 24.8 Å². The molecule has 0 spiro atoms. The predicted molar refractivity (Wildman–Crippen MR) is 222 cm³/mol. The number of hydrogen-bond donors (Lipinski definition) is 2. The normalized spacial score (nSPS) is 21.3. The Morgan fingerprint density at radius 3 is 2.29 bits per heavy atom. The van der Waals surface area contributed by atoms with Gasteiger partial charge in [-0.2, -0.15) is 10.1 Å². The molecule has 4 aromatic rings. The lowest BCUT2D eigenvalue weighted by molar-refractivity contribution is -0.136. The van der Waals surface area contributed by atoms with E-state index in [4.69, 9.17) is 19.8 Å². The fraction of sp³-hybridized carbons (Fsp3) is 0.524. The number of nitrogens with one attached hydrogen (secondary N) is 2. The number of benzene rings is 1. The Morgan fingerprint density at radius 2 is 1.56 bits per heavy atom. The van der Waals surface area contributed by atoms with E-state index in [9.17, 15) is 19.2 Å². The minimum Gasteiger partial charge on any atom is -0.381 e. The molecule has 4 amide bonds. The molecule has 5 aliphatic heterocycles. The number of pyridine rings is 1. The fourth-order valence-corrected chi connectivity index (χ4v) is 9.24. The molecule has 9 rings (SSSR count). The molecule has 59 heavy (non-hydrogen) atoms. The highest BCUT2D eigenvalue weighted by Crippen LogP contribution is 2.34. The third-order valence-corrected chi connectivity index (χ3v) is 12.6. The number of anilines is 5. The summed E-state index contributed by atoms with van der Waals surface area (Å²) in [7, 11) is 1.77. The summed E-state index contributed by atoms with van der Waals surface area (Å²) < 4.78 is 7.63. The van der Waals surface area contributed by atoms with Gasteiger partial charge in [0.15, 0.2) is 5.82 Å². The second kappa shape index (κ2) is 16.2. The molecule has 8 heterocycles. The van der Waals surface area contributed by atoms with Crippen LogP contribution in [0.25, 0.3) is 10.9 Å². The lowest BCUT2D eigenvalue weighted by Gasteiger charge is -2.39. The highest BCUT2D eigenvalue weighted by molar-refractivity contribution is 6.23. The van der Waals surface area contributed by atoms with Crippen LogP contribution in [0, 0.1) is 5.92 Å². The molecule has 5 aliphatic rings. The summed E-state index contributed by atoms with van der Waals surface area (Å²) in [5.41, 5.74) is 2.55. The van der Waals surface area contributed by atoms with E-state index in [1.54, 1.807) is 25.4 Å². The first-order valence-electron chi connectivity index (χ1n) is 21.0. The van der Waals surface area contributed by atoms with E-state index in [1.165, 1.54) is 0 Å². The van der Waals surface area contributed by atoms with Crippen LogP contribution >= 0.6 is 0 Å². The molecule has 0 radical (unpaired) electrons. The van der Waals surface area contributed by atoms with E-state index in [-0.39, 0.29) is 24.8 Å². The smallest absolute Gasteiger partial charge is 0.262 e. The number of methoxy groups -OCH3 is 1. The van der Waals surface area contributed by atoms with Crippen LogP contribution in [0.4, 0.5) is 29.1 Å². The molecule has 4 saturated heterocycles. The van der Waals surface area contributed by atoms with Crippen LogP contribution in [0.5, 0.6) is 0 Å². The van der Waals surface area contributed by atoms with Gasteiger partial charge >= 0.3 is 0 Å². The number of nitrogens with zero attached hydrogens (tertiary/aromatic N) is 10. The molecule has 3 aromatic heterocycles. The first-order valence-corrected chi connectivity index (χ1v) is 21.0. The van der Waals surface area contributed by atoms with Crippen molar-refractivity contribution >= 4 is 63.6 Å². The highest BCUT2D eigenvalue weighted by Gasteiger charge is 2.45. The number of fused-ring (bicyclic) bond motifs is 2. The largest absolute Gasteiger partial charge is 0.381 e. The van der Waals surface area contributed by atoms with Crippen molar-refractivity contribution in [3.05, 3.63) is 53.9 Å². The van der Waals surface area contributed by atoms with Gasteiger partial charge in [0, 0.05) is 103 Å². The van der Waals surface area contributed by atoms with Gasteiger partial charge in [0.2, 0.25) is 17.8 Å². The maximum Gasteiger partial charge on any atom is 0.262 e. The van der Waals surface area contributed by atoms with Gasteiger partial charge in [0.05, 0.1) is 28.1 Å². The van der Waals surface area contributed by atoms with Crippen molar-refractivity contribution in [1.82, 2.24) is 39.8 Å². The van der Waals surface area contributed by atoms with Crippen molar-refractivity contribution < 1.29 is 23.9 Å². The molecule has 2 N–H and O–H groups in total. The number of carbonyl (C=O) groups is 4. The molecule has 17 nitrogen and oxygen atoms in total. The quantitative estimate of drug-likeness (QED) is 0.223. The number of piperazine rings is 1. The van der Waals surface area contributed by atoms with Gasteiger partial charge in [-0.05, 0) is 76.1 Å². The van der Waals surface area contributed by atoms with Crippen molar-refractivity contribution in [2.45, 2.75) is 70.6 Å². The Bertz CT molecular complexity index is 2260. The van der Waals surface area contributed by atoms with Crippen LogP contribution < -0.4 is 25.3 Å².